The molecular weight excluding hydrogens is 323 g/mol. The lowest BCUT2D eigenvalue weighted by Crippen LogP contribution is -2.18. The van der Waals surface area contributed by atoms with E-state index in [4.69, 9.17) is 16.3 Å². The van der Waals surface area contributed by atoms with Gasteiger partial charge in [-0.15, -0.1) is 13.2 Å². The van der Waals surface area contributed by atoms with Crippen LogP contribution in [0.3, 0.4) is 0 Å². The highest BCUT2D eigenvalue weighted by Gasteiger charge is 2.31. The van der Waals surface area contributed by atoms with Crippen molar-refractivity contribution in [2.24, 2.45) is 0 Å². The van der Waals surface area contributed by atoms with E-state index in [0.717, 1.165) is 12.1 Å². The zero-order valence-corrected chi connectivity index (χ0v) is 11.6. The zero-order valence-electron chi connectivity index (χ0n) is 10.9. The first-order valence-corrected chi connectivity index (χ1v) is 6.30. The summed E-state index contributed by atoms with van der Waals surface area (Å²) < 4.78 is 44.9. The number of carbonyl (C=O) groups excluding carboxylic acids is 1. The van der Waals surface area contributed by atoms with Gasteiger partial charge in [0.05, 0.1) is 10.7 Å². The molecule has 0 aliphatic rings. The first-order chi connectivity index (χ1) is 10.3. The summed E-state index contributed by atoms with van der Waals surface area (Å²) in [5, 5.41) is 2.20. The summed E-state index contributed by atoms with van der Waals surface area (Å²) in [7, 11) is 0. The molecule has 0 radical (unpaired) electrons. The van der Waals surface area contributed by atoms with E-state index in [0.29, 0.717) is 5.75 Å². The van der Waals surface area contributed by atoms with Gasteiger partial charge in [0.15, 0.2) is 0 Å². The fourth-order valence-corrected chi connectivity index (χ4v) is 1.74. The van der Waals surface area contributed by atoms with Gasteiger partial charge in [0.1, 0.15) is 11.5 Å². The van der Waals surface area contributed by atoms with E-state index < -0.39 is 18.2 Å². The van der Waals surface area contributed by atoms with Crippen molar-refractivity contribution < 1.29 is 27.4 Å². The van der Waals surface area contributed by atoms with Gasteiger partial charge < -0.3 is 9.47 Å². The fourth-order valence-electron chi connectivity index (χ4n) is 1.53. The number of amides is 1. The second-order valence-electron chi connectivity index (χ2n) is 4.02. The molecule has 4 nitrogen and oxygen atoms in total. The number of para-hydroxylation sites is 1. The molecule has 0 fully saturated rings. The molecule has 0 saturated heterocycles. The van der Waals surface area contributed by atoms with Crippen LogP contribution in [0, 0.1) is 0 Å². The number of nitrogens with one attached hydrogen (secondary N) is 1. The van der Waals surface area contributed by atoms with E-state index in [1.165, 1.54) is 6.07 Å². The average Bonchev–Trinajstić information content (AvgIpc) is 2.41. The van der Waals surface area contributed by atoms with Gasteiger partial charge in [-0.3, -0.25) is 5.32 Å². The van der Waals surface area contributed by atoms with Gasteiger partial charge in [-0.2, -0.15) is 0 Å². The summed E-state index contributed by atoms with van der Waals surface area (Å²) in [6, 6.07) is 11.4. The van der Waals surface area contributed by atoms with Crippen molar-refractivity contribution in [3.8, 4) is 11.5 Å². The van der Waals surface area contributed by atoms with Crippen molar-refractivity contribution in [2.45, 2.75) is 6.36 Å². The third-order valence-electron chi connectivity index (χ3n) is 2.36. The Labute approximate surface area is 128 Å². The lowest BCUT2D eigenvalue weighted by Gasteiger charge is -2.11. The lowest BCUT2D eigenvalue weighted by atomic mass is 10.3. The quantitative estimate of drug-likeness (QED) is 0.874. The maximum absolute atomic E-state index is 12.1. The summed E-state index contributed by atoms with van der Waals surface area (Å²) in [5.74, 6) is -0.173. The Hall–Kier alpha value is -2.41. The second-order valence-corrected chi connectivity index (χ2v) is 4.42. The summed E-state index contributed by atoms with van der Waals surface area (Å²) in [6.45, 7) is 0. The molecule has 0 aromatic heterocycles. The molecule has 1 amide bonds. The Morgan fingerprint density at radius 3 is 2.32 bits per heavy atom. The number of rotatable bonds is 3. The number of alkyl halides is 3. The molecule has 0 aliphatic carbocycles. The average molecular weight is 332 g/mol. The molecular formula is C14H9ClF3NO3. The van der Waals surface area contributed by atoms with Crippen molar-refractivity contribution in [3.63, 3.8) is 0 Å². The minimum absolute atomic E-state index is 0.0946. The maximum Gasteiger partial charge on any atom is 0.573 e. The van der Waals surface area contributed by atoms with Gasteiger partial charge in [0.25, 0.3) is 0 Å². The highest BCUT2D eigenvalue weighted by Crippen LogP contribution is 2.30. The number of carbonyl (C=O) groups is 1. The van der Waals surface area contributed by atoms with Crippen LogP contribution in [0.5, 0.6) is 11.5 Å². The third-order valence-corrected chi connectivity index (χ3v) is 2.68. The van der Waals surface area contributed by atoms with Gasteiger partial charge in [-0.25, -0.2) is 4.79 Å². The van der Waals surface area contributed by atoms with Crippen molar-refractivity contribution in [1.29, 1.82) is 0 Å². The normalized spacial score (nSPS) is 10.9. The number of hydrogen-bond acceptors (Lipinski definition) is 3. The van der Waals surface area contributed by atoms with Gasteiger partial charge in [-0.1, -0.05) is 29.8 Å². The Morgan fingerprint density at radius 1 is 1.05 bits per heavy atom. The molecule has 0 heterocycles. The van der Waals surface area contributed by atoms with Crippen LogP contribution in [0.1, 0.15) is 0 Å². The van der Waals surface area contributed by atoms with Gasteiger partial charge in [0, 0.05) is 6.07 Å². The van der Waals surface area contributed by atoms with E-state index in [9.17, 15) is 18.0 Å². The van der Waals surface area contributed by atoms with Crippen LogP contribution >= 0.6 is 11.6 Å². The van der Waals surface area contributed by atoms with Crippen molar-refractivity contribution in [1.82, 2.24) is 0 Å². The van der Waals surface area contributed by atoms with E-state index in [2.05, 4.69) is 10.1 Å². The van der Waals surface area contributed by atoms with E-state index in [1.54, 1.807) is 30.3 Å². The van der Waals surface area contributed by atoms with Gasteiger partial charge in [0.2, 0.25) is 0 Å². The zero-order chi connectivity index (χ0) is 16.2. The Morgan fingerprint density at radius 2 is 1.73 bits per heavy atom. The van der Waals surface area contributed by atoms with Crippen LogP contribution in [0.15, 0.2) is 48.5 Å². The molecule has 1 N–H and O–H groups in total. The predicted molar refractivity (Wildman–Crippen MR) is 74.2 cm³/mol. The number of ether oxygens (including phenoxy) is 2. The summed E-state index contributed by atoms with van der Waals surface area (Å²) in [4.78, 5) is 11.6. The Bertz CT molecular complexity index is 662. The third kappa shape index (κ3) is 4.85. The van der Waals surface area contributed by atoms with Crippen LogP contribution in [0.4, 0.5) is 23.7 Å². The minimum Gasteiger partial charge on any atom is -0.410 e. The smallest absolute Gasteiger partial charge is 0.410 e. The van der Waals surface area contributed by atoms with Crippen LogP contribution in [-0.4, -0.2) is 12.5 Å². The largest absolute Gasteiger partial charge is 0.573 e. The molecule has 22 heavy (non-hydrogen) atoms. The predicted octanol–water partition coefficient (Wildman–Crippen LogP) is 4.85. The molecule has 0 spiro atoms. The van der Waals surface area contributed by atoms with Crippen molar-refractivity contribution in [2.75, 3.05) is 5.32 Å². The number of anilines is 1. The topological polar surface area (TPSA) is 47.6 Å². The SMILES string of the molecule is O=C(Nc1ccc(OC(F)(F)F)cc1Cl)Oc1ccccc1. The van der Waals surface area contributed by atoms with Crippen LogP contribution in [-0.2, 0) is 0 Å². The van der Waals surface area contributed by atoms with Crippen molar-refractivity contribution in [3.05, 3.63) is 53.6 Å². The first kappa shape index (κ1) is 16.0. The first-order valence-electron chi connectivity index (χ1n) is 5.93. The van der Waals surface area contributed by atoms with E-state index in [1.807, 2.05) is 0 Å². The monoisotopic (exact) mass is 331 g/mol. The van der Waals surface area contributed by atoms with E-state index in [-0.39, 0.29) is 10.7 Å². The minimum atomic E-state index is -4.81. The van der Waals surface area contributed by atoms with Crippen LogP contribution < -0.4 is 14.8 Å². The number of halogens is 4. The van der Waals surface area contributed by atoms with E-state index >= 15 is 0 Å². The highest BCUT2D eigenvalue weighted by atomic mass is 35.5. The lowest BCUT2D eigenvalue weighted by molar-refractivity contribution is -0.274. The summed E-state index contributed by atoms with van der Waals surface area (Å²) >= 11 is 5.79. The second kappa shape index (κ2) is 6.57. The van der Waals surface area contributed by atoms with Crippen LogP contribution in [0.2, 0.25) is 5.02 Å². The Kier molecular flexibility index (Phi) is 4.77. The molecule has 8 heteroatoms. The Balaban J connectivity index is 2.02. The maximum atomic E-state index is 12.1. The molecule has 0 atom stereocenters. The molecule has 0 aliphatic heterocycles. The standard InChI is InChI=1S/C14H9ClF3NO3/c15-11-8-10(22-14(16,17)18)6-7-12(11)19-13(20)21-9-4-2-1-3-5-9/h1-8H,(H,19,20). The van der Waals surface area contributed by atoms with Gasteiger partial charge in [-0.05, 0) is 24.3 Å². The van der Waals surface area contributed by atoms with Crippen molar-refractivity contribution >= 4 is 23.4 Å². The molecule has 2 aromatic carbocycles. The number of benzene rings is 2. The fraction of sp³-hybridized carbons (Fsp3) is 0.0714. The molecule has 2 rings (SSSR count). The summed E-state index contributed by atoms with van der Waals surface area (Å²) in [6.07, 6.45) is -5.64. The van der Waals surface area contributed by atoms with Gasteiger partial charge >= 0.3 is 12.5 Å². The molecule has 0 unspecified atom stereocenters. The number of hydrogen-bond donors (Lipinski definition) is 1. The molecule has 2 aromatic rings. The van der Waals surface area contributed by atoms with Crippen LogP contribution in [0.25, 0.3) is 0 Å². The highest BCUT2D eigenvalue weighted by molar-refractivity contribution is 6.33. The molecule has 0 bridgehead atoms. The molecule has 0 saturated carbocycles. The molecule has 116 valence electrons. The summed E-state index contributed by atoms with van der Waals surface area (Å²) in [5.41, 5.74) is 0.0946.